The number of aromatic nitrogens is 4. The second kappa shape index (κ2) is 11.0. The lowest BCUT2D eigenvalue weighted by atomic mass is 9.98. The van der Waals surface area contributed by atoms with Crippen molar-refractivity contribution in [1.82, 2.24) is 29.5 Å². The summed E-state index contributed by atoms with van der Waals surface area (Å²) in [5.74, 6) is -1.13. The molecule has 0 saturated carbocycles. The molecule has 4 heterocycles. The van der Waals surface area contributed by atoms with Crippen molar-refractivity contribution in [3.05, 3.63) is 60.4 Å². The molecule has 0 atom stereocenters. The first-order valence-corrected chi connectivity index (χ1v) is 15.2. The van der Waals surface area contributed by atoms with E-state index in [0.717, 1.165) is 63.3 Å². The van der Waals surface area contributed by atoms with Gasteiger partial charge in [-0.1, -0.05) is 6.07 Å². The first-order valence-electron chi connectivity index (χ1n) is 13.7. The molecule has 13 heteroatoms. The third-order valence-corrected chi connectivity index (χ3v) is 9.56. The van der Waals surface area contributed by atoms with Gasteiger partial charge in [-0.2, -0.15) is 5.10 Å². The molecule has 0 radical (unpaired) electrons. The molecule has 0 bridgehead atoms. The summed E-state index contributed by atoms with van der Waals surface area (Å²) in [6.45, 7) is 4.18. The first kappa shape index (κ1) is 27.5. The Labute approximate surface area is 237 Å². The van der Waals surface area contributed by atoms with Crippen LogP contribution >= 0.6 is 0 Å². The lowest BCUT2D eigenvalue weighted by Gasteiger charge is -2.41. The zero-order chi connectivity index (χ0) is 28.7. The molecule has 2 saturated heterocycles. The summed E-state index contributed by atoms with van der Waals surface area (Å²) >= 11 is 0. The van der Waals surface area contributed by atoms with Crippen molar-refractivity contribution >= 4 is 32.6 Å². The summed E-state index contributed by atoms with van der Waals surface area (Å²) in [5, 5.41) is 5.39. The monoisotopic (exact) mass is 582 g/mol. The minimum absolute atomic E-state index is 0.106. The fourth-order valence-electron chi connectivity index (χ4n) is 5.87. The molecule has 2 aliphatic heterocycles. The van der Waals surface area contributed by atoms with Crippen LogP contribution in [0.15, 0.2) is 53.7 Å². The van der Waals surface area contributed by atoms with Gasteiger partial charge in [0.25, 0.3) is 10.0 Å². The standard InChI is InChI=1S/C28H32F2N8O2S/c1-36-12-8-20(9-13-36)37-14-10-21(11-15-37)38-28-25(27(31)32-17-33-28)26(34-38)18-2-7-24(23(30)16-18)35-41(39,40)22-5-3-19(29)4-6-22/h2-7,16-17,20-21,35H,8-15H2,1H3,(H2,31,32,33). The number of benzene rings is 2. The summed E-state index contributed by atoms with van der Waals surface area (Å²) in [4.78, 5) is 13.4. The van der Waals surface area contributed by atoms with E-state index in [2.05, 4.69) is 31.5 Å². The molecule has 41 heavy (non-hydrogen) atoms. The van der Waals surface area contributed by atoms with Gasteiger partial charge in [-0.15, -0.1) is 0 Å². The third kappa shape index (κ3) is 5.48. The van der Waals surface area contributed by atoms with Crippen LogP contribution in [0.4, 0.5) is 20.3 Å². The maximum atomic E-state index is 15.3. The van der Waals surface area contributed by atoms with Crippen LogP contribution in [0.25, 0.3) is 22.3 Å². The van der Waals surface area contributed by atoms with Crippen molar-refractivity contribution in [2.45, 2.75) is 42.7 Å². The van der Waals surface area contributed by atoms with Crippen molar-refractivity contribution in [2.24, 2.45) is 0 Å². The molecule has 2 aromatic heterocycles. The Bertz CT molecular complexity index is 1660. The Kier molecular flexibility index (Phi) is 7.34. The molecule has 0 unspecified atom stereocenters. The molecule has 0 aliphatic carbocycles. The highest BCUT2D eigenvalue weighted by Crippen LogP contribution is 2.36. The van der Waals surface area contributed by atoms with Gasteiger partial charge in [0.2, 0.25) is 0 Å². The van der Waals surface area contributed by atoms with Crippen LogP contribution in [-0.4, -0.2) is 77.2 Å². The van der Waals surface area contributed by atoms with Crippen molar-refractivity contribution in [1.29, 1.82) is 0 Å². The molecule has 2 aliphatic rings. The molecular formula is C28H32F2N8O2S. The fraction of sp³-hybridized carbons (Fsp3) is 0.393. The zero-order valence-corrected chi connectivity index (χ0v) is 23.5. The quantitative estimate of drug-likeness (QED) is 0.351. The summed E-state index contributed by atoms with van der Waals surface area (Å²) in [7, 11) is -1.95. The SMILES string of the molecule is CN1CCC(N2CCC(n3nc(-c4ccc(NS(=O)(=O)c5ccc(F)cc5)c(F)c4)c4c(N)ncnc43)CC2)CC1. The van der Waals surface area contributed by atoms with Crippen LogP contribution in [0.1, 0.15) is 31.7 Å². The number of halogens is 2. The number of piperidine rings is 2. The fourth-order valence-corrected chi connectivity index (χ4v) is 6.94. The number of nitrogens with two attached hydrogens (primary N) is 1. The summed E-state index contributed by atoms with van der Waals surface area (Å²) in [5.41, 5.74) is 7.46. The Morgan fingerprint density at radius 2 is 1.61 bits per heavy atom. The molecule has 4 aromatic rings. The molecule has 10 nitrogen and oxygen atoms in total. The van der Waals surface area contributed by atoms with E-state index >= 15 is 4.39 Å². The Balaban J connectivity index is 1.26. The predicted octanol–water partition coefficient (Wildman–Crippen LogP) is 3.89. The maximum absolute atomic E-state index is 15.3. The van der Waals surface area contributed by atoms with Crippen molar-refractivity contribution in [3.63, 3.8) is 0 Å². The van der Waals surface area contributed by atoms with Gasteiger partial charge in [-0.25, -0.2) is 31.8 Å². The predicted molar refractivity (Wildman–Crippen MR) is 153 cm³/mol. The Morgan fingerprint density at radius 1 is 0.927 bits per heavy atom. The zero-order valence-electron chi connectivity index (χ0n) is 22.7. The Morgan fingerprint density at radius 3 is 2.29 bits per heavy atom. The van der Waals surface area contributed by atoms with Gasteiger partial charge in [0.15, 0.2) is 5.65 Å². The molecule has 2 fully saturated rings. The smallest absolute Gasteiger partial charge is 0.261 e. The number of fused-ring (bicyclic) bond motifs is 1. The number of hydrogen-bond donors (Lipinski definition) is 2. The number of nitrogens with one attached hydrogen (secondary N) is 1. The van der Waals surface area contributed by atoms with Crippen molar-refractivity contribution in [3.8, 4) is 11.3 Å². The number of likely N-dealkylation sites (tertiary alicyclic amines) is 2. The third-order valence-electron chi connectivity index (χ3n) is 8.18. The van der Waals surface area contributed by atoms with Crippen LogP contribution in [0.3, 0.4) is 0 Å². The highest BCUT2D eigenvalue weighted by Gasteiger charge is 2.30. The number of sulfonamides is 1. The van der Waals surface area contributed by atoms with Crippen LogP contribution in [0.5, 0.6) is 0 Å². The van der Waals surface area contributed by atoms with Gasteiger partial charge in [0.05, 0.1) is 22.0 Å². The van der Waals surface area contributed by atoms with Crippen LogP contribution < -0.4 is 10.5 Å². The lowest BCUT2D eigenvalue weighted by molar-refractivity contribution is 0.0859. The van der Waals surface area contributed by atoms with Crippen molar-refractivity contribution < 1.29 is 17.2 Å². The topological polar surface area (TPSA) is 122 Å². The molecule has 0 amide bonds. The molecule has 0 spiro atoms. The van der Waals surface area contributed by atoms with Crippen LogP contribution in [0.2, 0.25) is 0 Å². The summed E-state index contributed by atoms with van der Waals surface area (Å²) < 4.78 is 58.0. The van der Waals surface area contributed by atoms with Gasteiger partial charge in [0.1, 0.15) is 29.5 Å². The van der Waals surface area contributed by atoms with Gasteiger partial charge in [-0.05, 0) is 82.2 Å². The molecule has 2 aromatic carbocycles. The van der Waals surface area contributed by atoms with Gasteiger partial charge in [-0.3, -0.25) is 4.72 Å². The largest absolute Gasteiger partial charge is 0.383 e. The second-order valence-corrected chi connectivity index (χ2v) is 12.5. The second-order valence-electron chi connectivity index (χ2n) is 10.8. The average molecular weight is 583 g/mol. The highest BCUT2D eigenvalue weighted by molar-refractivity contribution is 7.92. The van der Waals surface area contributed by atoms with E-state index in [0.29, 0.717) is 28.3 Å². The normalized spacial score (nSPS) is 18.2. The van der Waals surface area contributed by atoms with Gasteiger partial charge >= 0.3 is 0 Å². The average Bonchev–Trinajstić information content (AvgIpc) is 3.36. The summed E-state index contributed by atoms with van der Waals surface area (Å²) in [6.07, 6.45) is 5.58. The van der Waals surface area contributed by atoms with E-state index in [1.807, 2.05) is 4.68 Å². The maximum Gasteiger partial charge on any atom is 0.261 e. The highest BCUT2D eigenvalue weighted by atomic mass is 32.2. The summed E-state index contributed by atoms with van der Waals surface area (Å²) in [6, 6.07) is 9.12. The number of hydrogen-bond acceptors (Lipinski definition) is 8. The first-order chi connectivity index (χ1) is 19.7. The molecular weight excluding hydrogens is 550 g/mol. The van der Waals surface area contributed by atoms with Crippen molar-refractivity contribution in [2.75, 3.05) is 43.7 Å². The molecule has 6 rings (SSSR count). The molecule has 3 N–H and O–H groups in total. The molecule has 216 valence electrons. The lowest BCUT2D eigenvalue weighted by Crippen LogP contribution is -2.47. The number of nitrogen functional groups attached to an aromatic ring is 1. The van der Waals surface area contributed by atoms with Gasteiger partial charge in [0, 0.05) is 24.7 Å². The van der Waals surface area contributed by atoms with E-state index in [9.17, 15) is 12.8 Å². The van der Waals surface area contributed by atoms with Crippen LogP contribution in [-0.2, 0) is 10.0 Å². The number of anilines is 2. The van der Waals surface area contributed by atoms with E-state index in [-0.39, 0.29) is 22.4 Å². The van der Waals surface area contributed by atoms with E-state index in [1.165, 1.54) is 31.3 Å². The van der Waals surface area contributed by atoms with E-state index in [4.69, 9.17) is 10.8 Å². The number of nitrogens with zero attached hydrogens (tertiary/aromatic N) is 6. The minimum Gasteiger partial charge on any atom is -0.383 e. The number of rotatable bonds is 6. The minimum atomic E-state index is -4.12. The van der Waals surface area contributed by atoms with E-state index < -0.39 is 21.7 Å². The van der Waals surface area contributed by atoms with E-state index in [1.54, 1.807) is 6.07 Å². The van der Waals surface area contributed by atoms with Gasteiger partial charge < -0.3 is 15.5 Å². The van der Waals surface area contributed by atoms with Crippen LogP contribution in [0, 0.1) is 11.6 Å². The Hall–Kier alpha value is -3.68.